The van der Waals surface area contributed by atoms with E-state index in [9.17, 15) is 4.79 Å². The Balaban J connectivity index is 2.06. The van der Waals surface area contributed by atoms with Crippen LogP contribution < -0.4 is 5.32 Å². The first-order chi connectivity index (χ1) is 7.09. The molecule has 0 aliphatic carbocycles. The summed E-state index contributed by atoms with van der Waals surface area (Å²) in [4.78, 5) is 13.6. The predicted molar refractivity (Wildman–Crippen MR) is 62.9 cm³/mol. The van der Waals surface area contributed by atoms with Gasteiger partial charge < -0.3 is 10.2 Å². The van der Waals surface area contributed by atoms with Crippen LogP contribution in [-0.2, 0) is 4.79 Å². The number of hydrogen-bond donors (Lipinski definition) is 1. The van der Waals surface area contributed by atoms with Gasteiger partial charge in [0.2, 0.25) is 0 Å². The van der Waals surface area contributed by atoms with Crippen LogP contribution in [0.25, 0.3) is 0 Å². The fraction of sp³-hybridized carbons (Fsp3) is 0.917. The third-order valence-electron chi connectivity index (χ3n) is 3.00. The first-order valence-corrected chi connectivity index (χ1v) is 6.03. The summed E-state index contributed by atoms with van der Waals surface area (Å²) in [6.45, 7) is 11.4. The third-order valence-corrected chi connectivity index (χ3v) is 3.00. The number of hydrogen-bond acceptors (Lipinski definition) is 3. The summed E-state index contributed by atoms with van der Waals surface area (Å²) in [7, 11) is 0. The number of ketones is 1. The molecule has 15 heavy (non-hydrogen) atoms. The van der Waals surface area contributed by atoms with E-state index in [1.807, 2.05) is 0 Å². The zero-order valence-corrected chi connectivity index (χ0v) is 10.3. The second-order valence-corrected chi connectivity index (χ2v) is 4.99. The molecule has 0 saturated carbocycles. The van der Waals surface area contributed by atoms with Crippen LogP contribution in [0.1, 0.15) is 27.2 Å². The van der Waals surface area contributed by atoms with Gasteiger partial charge in [-0.05, 0) is 32.4 Å². The van der Waals surface area contributed by atoms with Crippen molar-refractivity contribution in [2.24, 2.45) is 11.8 Å². The Labute approximate surface area is 93.2 Å². The van der Waals surface area contributed by atoms with Gasteiger partial charge in [-0.1, -0.05) is 13.8 Å². The number of carbonyl (C=O) groups is 1. The minimum Gasteiger partial charge on any atom is -0.315 e. The Morgan fingerprint density at radius 3 is 2.80 bits per heavy atom. The smallest absolute Gasteiger partial charge is 0.134 e. The van der Waals surface area contributed by atoms with E-state index >= 15 is 0 Å². The van der Waals surface area contributed by atoms with Crippen molar-refractivity contribution >= 4 is 5.78 Å². The maximum absolute atomic E-state index is 11.2. The molecule has 1 aliphatic rings. The van der Waals surface area contributed by atoms with Crippen molar-refractivity contribution in [1.82, 2.24) is 10.2 Å². The van der Waals surface area contributed by atoms with Crippen LogP contribution in [0.3, 0.4) is 0 Å². The third kappa shape index (κ3) is 4.76. The van der Waals surface area contributed by atoms with Crippen molar-refractivity contribution in [3.05, 3.63) is 0 Å². The summed E-state index contributed by atoms with van der Waals surface area (Å²) >= 11 is 0. The molecule has 88 valence electrons. The highest BCUT2D eigenvalue weighted by Crippen LogP contribution is 2.15. The molecule has 0 spiro atoms. The second-order valence-electron chi connectivity index (χ2n) is 4.99. The van der Waals surface area contributed by atoms with E-state index in [0.717, 1.165) is 39.1 Å². The highest BCUT2D eigenvalue weighted by molar-refractivity contribution is 5.78. The van der Waals surface area contributed by atoms with E-state index in [-0.39, 0.29) is 0 Å². The minimum atomic E-state index is 0.301. The van der Waals surface area contributed by atoms with Crippen molar-refractivity contribution < 1.29 is 4.79 Å². The number of rotatable bonds is 6. The van der Waals surface area contributed by atoms with Crippen molar-refractivity contribution in [3.8, 4) is 0 Å². The lowest BCUT2D eigenvalue weighted by Crippen LogP contribution is -2.32. The van der Waals surface area contributed by atoms with Crippen LogP contribution in [0.5, 0.6) is 0 Å². The van der Waals surface area contributed by atoms with Crippen LogP contribution in [0.15, 0.2) is 0 Å². The van der Waals surface area contributed by atoms with Gasteiger partial charge >= 0.3 is 0 Å². The lowest BCUT2D eigenvalue weighted by atomic mass is 10.1. The molecule has 1 aliphatic heterocycles. The van der Waals surface area contributed by atoms with Gasteiger partial charge in [0.15, 0.2) is 0 Å². The van der Waals surface area contributed by atoms with Gasteiger partial charge in [-0.25, -0.2) is 0 Å². The van der Waals surface area contributed by atoms with Gasteiger partial charge in [0.05, 0.1) is 0 Å². The summed E-state index contributed by atoms with van der Waals surface area (Å²) in [5.41, 5.74) is 0. The van der Waals surface area contributed by atoms with Crippen molar-refractivity contribution in [2.75, 3.05) is 32.7 Å². The van der Waals surface area contributed by atoms with E-state index in [2.05, 4.69) is 24.1 Å². The number of nitrogens with one attached hydrogen (secondary N) is 1. The van der Waals surface area contributed by atoms with Gasteiger partial charge in [0.25, 0.3) is 0 Å². The van der Waals surface area contributed by atoms with Gasteiger partial charge in [-0.15, -0.1) is 0 Å². The average molecular weight is 212 g/mol. The SMILES string of the molecule is CC(=O)C1CCN(CCNCC(C)C)C1. The molecular formula is C12H24N2O. The summed E-state index contributed by atoms with van der Waals surface area (Å²) in [6.07, 6.45) is 1.06. The van der Waals surface area contributed by atoms with E-state index < -0.39 is 0 Å². The standard InChI is InChI=1S/C12H24N2O/c1-10(2)8-13-5-7-14-6-4-12(9-14)11(3)15/h10,12-13H,4-9H2,1-3H3. The van der Waals surface area contributed by atoms with E-state index in [4.69, 9.17) is 0 Å². The molecule has 0 aromatic carbocycles. The van der Waals surface area contributed by atoms with Gasteiger partial charge in [0.1, 0.15) is 5.78 Å². The second kappa shape index (κ2) is 6.23. The quantitative estimate of drug-likeness (QED) is 0.670. The van der Waals surface area contributed by atoms with Crippen molar-refractivity contribution in [2.45, 2.75) is 27.2 Å². The molecule has 0 bridgehead atoms. The van der Waals surface area contributed by atoms with Crippen molar-refractivity contribution in [3.63, 3.8) is 0 Å². The van der Waals surface area contributed by atoms with Crippen LogP contribution in [0.2, 0.25) is 0 Å². The molecular weight excluding hydrogens is 188 g/mol. The molecule has 3 heteroatoms. The van der Waals surface area contributed by atoms with Crippen LogP contribution >= 0.6 is 0 Å². The maximum atomic E-state index is 11.2. The fourth-order valence-corrected chi connectivity index (χ4v) is 2.00. The number of Topliss-reactive ketones (excluding diaryl/α,β-unsaturated/α-hetero) is 1. The van der Waals surface area contributed by atoms with Gasteiger partial charge in [-0.3, -0.25) is 4.79 Å². The molecule has 1 heterocycles. The first kappa shape index (κ1) is 12.7. The Kier molecular flexibility index (Phi) is 5.26. The van der Waals surface area contributed by atoms with Crippen molar-refractivity contribution in [1.29, 1.82) is 0 Å². The molecule has 1 saturated heterocycles. The number of likely N-dealkylation sites (tertiary alicyclic amines) is 1. The molecule has 1 N–H and O–H groups in total. The molecule has 1 unspecified atom stereocenters. The van der Waals surface area contributed by atoms with Crippen LogP contribution in [-0.4, -0.2) is 43.4 Å². The summed E-state index contributed by atoms with van der Waals surface area (Å²) < 4.78 is 0. The fourth-order valence-electron chi connectivity index (χ4n) is 2.00. The Bertz CT molecular complexity index is 204. The predicted octanol–water partition coefficient (Wildman–Crippen LogP) is 1.14. The largest absolute Gasteiger partial charge is 0.315 e. The van der Waals surface area contributed by atoms with Crippen LogP contribution in [0.4, 0.5) is 0 Å². The molecule has 1 fully saturated rings. The lowest BCUT2D eigenvalue weighted by Gasteiger charge is -2.16. The summed E-state index contributed by atoms with van der Waals surface area (Å²) in [5.74, 6) is 1.37. The Hall–Kier alpha value is -0.410. The Morgan fingerprint density at radius 1 is 1.53 bits per heavy atom. The van der Waals surface area contributed by atoms with Crippen LogP contribution in [0, 0.1) is 11.8 Å². The van der Waals surface area contributed by atoms with E-state index in [0.29, 0.717) is 17.6 Å². The highest BCUT2D eigenvalue weighted by atomic mass is 16.1. The molecule has 0 amide bonds. The normalized spacial score (nSPS) is 22.5. The molecule has 1 rings (SSSR count). The maximum Gasteiger partial charge on any atom is 0.134 e. The molecule has 1 atom stereocenters. The highest BCUT2D eigenvalue weighted by Gasteiger charge is 2.24. The monoisotopic (exact) mass is 212 g/mol. The van der Waals surface area contributed by atoms with E-state index in [1.165, 1.54) is 0 Å². The molecule has 0 aromatic heterocycles. The minimum absolute atomic E-state index is 0.301. The van der Waals surface area contributed by atoms with Gasteiger partial charge in [-0.2, -0.15) is 0 Å². The lowest BCUT2D eigenvalue weighted by molar-refractivity contribution is -0.120. The van der Waals surface area contributed by atoms with E-state index in [1.54, 1.807) is 6.92 Å². The molecule has 3 nitrogen and oxygen atoms in total. The topological polar surface area (TPSA) is 32.3 Å². The first-order valence-electron chi connectivity index (χ1n) is 6.03. The average Bonchev–Trinajstić information content (AvgIpc) is 2.60. The molecule has 0 radical (unpaired) electrons. The Morgan fingerprint density at radius 2 is 2.27 bits per heavy atom. The zero-order valence-electron chi connectivity index (χ0n) is 10.3. The zero-order chi connectivity index (χ0) is 11.3. The molecule has 0 aromatic rings. The number of nitrogens with zero attached hydrogens (tertiary/aromatic N) is 1. The summed E-state index contributed by atoms with van der Waals surface area (Å²) in [6, 6.07) is 0. The number of carbonyl (C=O) groups excluding carboxylic acids is 1. The summed E-state index contributed by atoms with van der Waals surface area (Å²) in [5, 5.41) is 3.43. The van der Waals surface area contributed by atoms with Gasteiger partial charge in [0, 0.05) is 25.6 Å².